The topological polar surface area (TPSA) is 30.7 Å². The highest BCUT2D eigenvalue weighted by Gasteiger charge is 2.10. The van der Waals surface area contributed by atoms with E-state index in [-0.39, 0.29) is 0 Å². The Bertz CT molecular complexity index is 1050. The van der Waals surface area contributed by atoms with Gasteiger partial charge in [-0.15, -0.1) is 0 Å². The highest BCUT2D eigenvalue weighted by atomic mass is 19.2. The molecule has 0 spiro atoms. The molecule has 0 atom stereocenters. The average molecular weight is 347 g/mol. The van der Waals surface area contributed by atoms with Crippen molar-refractivity contribution in [1.29, 1.82) is 0 Å². The van der Waals surface area contributed by atoms with Gasteiger partial charge >= 0.3 is 0 Å². The van der Waals surface area contributed by atoms with Crippen molar-refractivity contribution in [3.05, 3.63) is 90.3 Å². The van der Waals surface area contributed by atoms with Crippen LogP contribution in [0.5, 0.6) is 0 Å². The van der Waals surface area contributed by atoms with E-state index in [1.165, 1.54) is 6.07 Å². The van der Waals surface area contributed by atoms with E-state index in [1.807, 2.05) is 54.1 Å². The Hall–Kier alpha value is -3.34. The van der Waals surface area contributed by atoms with Crippen LogP contribution in [-0.2, 0) is 0 Å². The fourth-order valence-corrected chi connectivity index (χ4v) is 2.82. The molecule has 0 saturated carbocycles. The molecule has 0 unspecified atom stereocenters. The summed E-state index contributed by atoms with van der Waals surface area (Å²) in [6, 6.07) is 19.3. The summed E-state index contributed by atoms with van der Waals surface area (Å²) in [4.78, 5) is 4.37. The van der Waals surface area contributed by atoms with E-state index in [2.05, 4.69) is 10.1 Å². The molecule has 0 radical (unpaired) electrons. The summed E-state index contributed by atoms with van der Waals surface area (Å²) in [5.41, 5.74) is 4.76. The van der Waals surface area contributed by atoms with Crippen LogP contribution in [0.2, 0.25) is 0 Å². The lowest BCUT2D eigenvalue weighted by Gasteiger charge is -2.04. The molecule has 0 aliphatic rings. The van der Waals surface area contributed by atoms with Gasteiger partial charge in [0.05, 0.1) is 17.1 Å². The minimum absolute atomic E-state index is 0.529. The maximum atomic E-state index is 13.4. The molecule has 4 aromatic rings. The van der Waals surface area contributed by atoms with Gasteiger partial charge in [-0.25, -0.2) is 13.5 Å². The second kappa shape index (κ2) is 6.52. The van der Waals surface area contributed by atoms with Crippen LogP contribution in [0.25, 0.3) is 28.2 Å². The summed E-state index contributed by atoms with van der Waals surface area (Å²) >= 11 is 0. The number of pyridine rings is 1. The standard InChI is InChI=1S/C21H15F2N3/c1-14-11-21(25-26(14)17-5-3-2-4-6-17)16-8-10-20(24-13-16)15-7-9-18(22)19(23)12-15/h2-13H,1H3. The molecule has 0 N–H and O–H groups in total. The van der Waals surface area contributed by atoms with Crippen molar-refractivity contribution in [3.63, 3.8) is 0 Å². The first-order chi connectivity index (χ1) is 12.6. The molecule has 128 valence electrons. The first-order valence-electron chi connectivity index (χ1n) is 8.16. The molecule has 0 amide bonds. The van der Waals surface area contributed by atoms with E-state index < -0.39 is 11.6 Å². The number of rotatable bonds is 3. The number of nitrogens with zero attached hydrogens (tertiary/aromatic N) is 3. The van der Waals surface area contributed by atoms with Crippen molar-refractivity contribution in [2.24, 2.45) is 0 Å². The number of para-hydroxylation sites is 1. The Labute approximate surface area is 149 Å². The van der Waals surface area contributed by atoms with Crippen LogP contribution < -0.4 is 0 Å². The van der Waals surface area contributed by atoms with Gasteiger partial charge in [-0.2, -0.15) is 5.10 Å². The SMILES string of the molecule is Cc1cc(-c2ccc(-c3ccc(F)c(F)c3)nc2)nn1-c1ccccc1. The Balaban J connectivity index is 1.66. The van der Waals surface area contributed by atoms with Gasteiger partial charge in [0, 0.05) is 23.0 Å². The molecular formula is C21H15F2N3. The van der Waals surface area contributed by atoms with Crippen LogP contribution in [0.15, 0.2) is 72.9 Å². The van der Waals surface area contributed by atoms with Gasteiger partial charge in [0.25, 0.3) is 0 Å². The number of aryl methyl sites for hydroxylation is 1. The molecule has 2 aromatic heterocycles. The maximum absolute atomic E-state index is 13.4. The van der Waals surface area contributed by atoms with E-state index in [4.69, 9.17) is 0 Å². The lowest BCUT2D eigenvalue weighted by atomic mass is 10.1. The van der Waals surface area contributed by atoms with Crippen molar-refractivity contribution in [3.8, 4) is 28.2 Å². The van der Waals surface area contributed by atoms with Crippen molar-refractivity contribution in [2.75, 3.05) is 0 Å². The third-order valence-corrected chi connectivity index (χ3v) is 4.16. The van der Waals surface area contributed by atoms with Gasteiger partial charge < -0.3 is 0 Å². The highest BCUT2D eigenvalue weighted by molar-refractivity contribution is 5.65. The van der Waals surface area contributed by atoms with Crippen LogP contribution >= 0.6 is 0 Å². The molecule has 2 aromatic carbocycles. The van der Waals surface area contributed by atoms with Crippen LogP contribution in [-0.4, -0.2) is 14.8 Å². The van der Waals surface area contributed by atoms with Gasteiger partial charge in [0.1, 0.15) is 0 Å². The Morgan fingerprint density at radius 3 is 2.23 bits per heavy atom. The van der Waals surface area contributed by atoms with E-state index in [1.54, 1.807) is 12.3 Å². The van der Waals surface area contributed by atoms with E-state index in [0.29, 0.717) is 11.3 Å². The van der Waals surface area contributed by atoms with Crippen LogP contribution in [0, 0.1) is 18.6 Å². The number of hydrogen-bond acceptors (Lipinski definition) is 2. The fourth-order valence-electron chi connectivity index (χ4n) is 2.82. The first-order valence-corrected chi connectivity index (χ1v) is 8.16. The number of hydrogen-bond donors (Lipinski definition) is 0. The van der Waals surface area contributed by atoms with Crippen molar-refractivity contribution < 1.29 is 8.78 Å². The van der Waals surface area contributed by atoms with Gasteiger partial charge in [-0.3, -0.25) is 4.98 Å². The van der Waals surface area contributed by atoms with Crippen LogP contribution in [0.4, 0.5) is 8.78 Å². The molecule has 0 aliphatic heterocycles. The molecule has 26 heavy (non-hydrogen) atoms. The van der Waals surface area contributed by atoms with Gasteiger partial charge in [0.15, 0.2) is 11.6 Å². The maximum Gasteiger partial charge on any atom is 0.159 e. The lowest BCUT2D eigenvalue weighted by molar-refractivity contribution is 0.509. The Kier molecular flexibility index (Phi) is 4.05. The third kappa shape index (κ3) is 2.99. The summed E-state index contributed by atoms with van der Waals surface area (Å²) in [6.07, 6.45) is 1.69. The molecule has 0 fully saturated rings. The molecule has 0 bridgehead atoms. The highest BCUT2D eigenvalue weighted by Crippen LogP contribution is 2.24. The number of halogens is 2. The van der Waals surface area contributed by atoms with Crippen LogP contribution in [0.1, 0.15) is 5.69 Å². The quantitative estimate of drug-likeness (QED) is 0.511. The van der Waals surface area contributed by atoms with Crippen molar-refractivity contribution in [2.45, 2.75) is 6.92 Å². The molecular weight excluding hydrogens is 332 g/mol. The first kappa shape index (κ1) is 16.1. The normalized spacial score (nSPS) is 10.9. The summed E-state index contributed by atoms with van der Waals surface area (Å²) in [7, 11) is 0. The van der Waals surface area contributed by atoms with Gasteiger partial charge in [-0.05, 0) is 55.5 Å². The Morgan fingerprint density at radius 1 is 0.769 bits per heavy atom. The van der Waals surface area contributed by atoms with Gasteiger partial charge in [0.2, 0.25) is 0 Å². The number of benzene rings is 2. The second-order valence-electron chi connectivity index (χ2n) is 5.98. The number of aromatic nitrogens is 3. The Morgan fingerprint density at radius 2 is 1.54 bits per heavy atom. The van der Waals surface area contributed by atoms with E-state index in [0.717, 1.165) is 34.8 Å². The van der Waals surface area contributed by atoms with E-state index >= 15 is 0 Å². The average Bonchev–Trinajstić information content (AvgIpc) is 3.06. The fraction of sp³-hybridized carbons (Fsp3) is 0.0476. The van der Waals surface area contributed by atoms with Crippen LogP contribution in [0.3, 0.4) is 0 Å². The van der Waals surface area contributed by atoms with Gasteiger partial charge in [-0.1, -0.05) is 18.2 Å². The largest absolute Gasteiger partial charge is 0.256 e. The summed E-state index contributed by atoms with van der Waals surface area (Å²) < 4.78 is 28.3. The molecule has 2 heterocycles. The monoisotopic (exact) mass is 347 g/mol. The summed E-state index contributed by atoms with van der Waals surface area (Å²) in [6.45, 7) is 1.99. The molecule has 3 nitrogen and oxygen atoms in total. The second-order valence-corrected chi connectivity index (χ2v) is 5.98. The molecule has 0 saturated heterocycles. The minimum atomic E-state index is -0.884. The predicted molar refractivity (Wildman–Crippen MR) is 96.9 cm³/mol. The molecule has 4 rings (SSSR count). The minimum Gasteiger partial charge on any atom is -0.256 e. The summed E-state index contributed by atoms with van der Waals surface area (Å²) in [5.74, 6) is -1.75. The third-order valence-electron chi connectivity index (χ3n) is 4.16. The predicted octanol–water partition coefficient (Wildman–Crippen LogP) is 5.19. The van der Waals surface area contributed by atoms with Crippen molar-refractivity contribution in [1.82, 2.24) is 14.8 Å². The smallest absolute Gasteiger partial charge is 0.159 e. The zero-order chi connectivity index (χ0) is 18.1. The summed E-state index contributed by atoms with van der Waals surface area (Å²) in [5, 5.41) is 4.65. The lowest BCUT2D eigenvalue weighted by Crippen LogP contribution is -1.98. The zero-order valence-corrected chi connectivity index (χ0v) is 14.0. The van der Waals surface area contributed by atoms with E-state index in [9.17, 15) is 8.78 Å². The molecule has 0 aliphatic carbocycles. The van der Waals surface area contributed by atoms with Crippen molar-refractivity contribution >= 4 is 0 Å². The molecule has 5 heteroatoms. The zero-order valence-electron chi connectivity index (χ0n) is 14.0.